The number of aryl methyl sites for hydroxylation is 1. The third-order valence-corrected chi connectivity index (χ3v) is 6.16. The second-order valence-electron chi connectivity index (χ2n) is 8.06. The summed E-state index contributed by atoms with van der Waals surface area (Å²) in [6.07, 6.45) is 1.78. The van der Waals surface area contributed by atoms with Gasteiger partial charge in [-0.2, -0.15) is 0 Å². The number of hydrogen-bond donors (Lipinski definition) is 4. The van der Waals surface area contributed by atoms with Crippen molar-refractivity contribution in [1.82, 2.24) is 0 Å². The minimum atomic E-state index is -1.06. The van der Waals surface area contributed by atoms with Crippen LogP contribution < -0.4 is 16.2 Å². The largest absolute Gasteiger partial charge is 0.507 e. The van der Waals surface area contributed by atoms with E-state index < -0.39 is 11.6 Å². The van der Waals surface area contributed by atoms with Crippen molar-refractivity contribution in [1.29, 1.82) is 0 Å². The molecule has 0 saturated carbocycles. The van der Waals surface area contributed by atoms with Gasteiger partial charge in [0.2, 0.25) is 0 Å². The van der Waals surface area contributed by atoms with Crippen molar-refractivity contribution in [3.8, 4) is 11.5 Å². The number of carboxylic acids is 1. The number of aromatic hydroxyl groups is 1. The molecule has 1 aliphatic heterocycles. The lowest BCUT2D eigenvalue weighted by atomic mass is 9.80. The van der Waals surface area contributed by atoms with E-state index in [2.05, 4.69) is 4.99 Å². The molecule has 7 nitrogen and oxygen atoms in total. The smallest absolute Gasteiger partial charge is 0.336 e. The van der Waals surface area contributed by atoms with Crippen molar-refractivity contribution in [3.05, 3.63) is 51.1 Å². The van der Waals surface area contributed by atoms with Crippen molar-refractivity contribution in [2.45, 2.75) is 59.5 Å². The maximum Gasteiger partial charge on any atom is 0.336 e. The van der Waals surface area contributed by atoms with Crippen LogP contribution in [-0.2, 0) is 18.4 Å². The molecule has 0 aromatic heterocycles. The first-order valence-electron chi connectivity index (χ1n) is 10.0. The van der Waals surface area contributed by atoms with Crippen molar-refractivity contribution < 1.29 is 19.7 Å². The predicted molar refractivity (Wildman–Crippen MR) is 117 cm³/mol. The maximum absolute atomic E-state index is 12.1. The highest BCUT2D eigenvalue weighted by Crippen LogP contribution is 2.49. The lowest BCUT2D eigenvalue weighted by Crippen LogP contribution is -2.36. The van der Waals surface area contributed by atoms with Gasteiger partial charge in [0.05, 0.1) is 11.3 Å². The lowest BCUT2D eigenvalue weighted by molar-refractivity contribution is 0.0552. The van der Waals surface area contributed by atoms with Gasteiger partial charge < -0.3 is 26.4 Å². The highest BCUT2D eigenvalue weighted by Gasteiger charge is 2.41. The zero-order valence-corrected chi connectivity index (χ0v) is 18.1. The molecule has 1 unspecified atom stereocenters. The first kappa shape index (κ1) is 21.5. The monoisotopic (exact) mass is 411 g/mol. The summed E-state index contributed by atoms with van der Waals surface area (Å²) in [5.41, 5.74) is 15.6. The lowest BCUT2D eigenvalue weighted by Gasteiger charge is -2.39. The molecule has 0 amide bonds. The van der Waals surface area contributed by atoms with Gasteiger partial charge in [0.15, 0.2) is 5.96 Å². The van der Waals surface area contributed by atoms with E-state index in [9.17, 15) is 15.0 Å². The molecule has 1 heterocycles. The van der Waals surface area contributed by atoms with Crippen LogP contribution in [0.15, 0.2) is 17.1 Å². The number of guanidine groups is 1. The van der Waals surface area contributed by atoms with Gasteiger partial charge in [-0.05, 0) is 75.3 Å². The number of ether oxygens (including phenoxy) is 1. The van der Waals surface area contributed by atoms with Crippen LogP contribution in [0.4, 0.5) is 5.69 Å². The van der Waals surface area contributed by atoms with Gasteiger partial charge >= 0.3 is 5.97 Å². The summed E-state index contributed by atoms with van der Waals surface area (Å²) in [7, 11) is 0. The molecule has 7 heteroatoms. The summed E-state index contributed by atoms with van der Waals surface area (Å²) in [6, 6.07) is 3.33. The number of aromatic carboxylic acids is 1. The Kier molecular flexibility index (Phi) is 5.41. The minimum Gasteiger partial charge on any atom is -0.507 e. The van der Waals surface area contributed by atoms with Gasteiger partial charge in [-0.1, -0.05) is 13.0 Å². The number of phenolic OH excluding ortho intramolecular Hbond substituents is 1. The number of benzene rings is 2. The summed E-state index contributed by atoms with van der Waals surface area (Å²) in [4.78, 5) is 16.4. The molecular formula is C23H29N3O4. The molecule has 0 spiro atoms. The van der Waals surface area contributed by atoms with Gasteiger partial charge in [-0.25, -0.2) is 9.79 Å². The molecule has 0 saturated heterocycles. The highest BCUT2D eigenvalue weighted by atomic mass is 16.5. The molecule has 2 aromatic carbocycles. The number of nitrogens with zero attached hydrogens (tertiary/aromatic N) is 1. The third-order valence-electron chi connectivity index (χ3n) is 6.16. The maximum atomic E-state index is 12.1. The van der Waals surface area contributed by atoms with E-state index in [1.807, 2.05) is 34.6 Å². The van der Waals surface area contributed by atoms with Crippen molar-refractivity contribution >= 4 is 17.6 Å². The predicted octanol–water partition coefficient (Wildman–Crippen LogP) is 3.72. The Bertz CT molecular complexity index is 1070. The van der Waals surface area contributed by atoms with E-state index >= 15 is 0 Å². The van der Waals surface area contributed by atoms with E-state index in [0.29, 0.717) is 36.3 Å². The van der Waals surface area contributed by atoms with Gasteiger partial charge in [0.1, 0.15) is 17.1 Å². The first-order valence-corrected chi connectivity index (χ1v) is 10.0. The molecular weight excluding hydrogens is 382 g/mol. The van der Waals surface area contributed by atoms with Crippen LogP contribution in [0.2, 0.25) is 0 Å². The number of carboxylic acid groups (broad SMARTS) is 1. The van der Waals surface area contributed by atoms with Crippen LogP contribution in [0.25, 0.3) is 0 Å². The number of hydrogen-bond acceptors (Lipinski definition) is 4. The Morgan fingerprint density at radius 2 is 1.87 bits per heavy atom. The van der Waals surface area contributed by atoms with Crippen molar-refractivity contribution in [2.75, 3.05) is 0 Å². The normalized spacial score (nSPS) is 17.8. The summed E-state index contributed by atoms with van der Waals surface area (Å²) in [5.74, 6) is -0.240. The number of carbonyl (C=O) groups is 1. The number of fused-ring (bicyclic) bond motifs is 1. The first-order chi connectivity index (χ1) is 14.0. The quantitative estimate of drug-likeness (QED) is 0.448. The molecule has 1 atom stereocenters. The summed E-state index contributed by atoms with van der Waals surface area (Å²) in [6.45, 7) is 9.46. The second kappa shape index (κ2) is 7.55. The minimum absolute atomic E-state index is 0.114. The number of phenols is 1. The van der Waals surface area contributed by atoms with Gasteiger partial charge in [0.25, 0.3) is 0 Å². The van der Waals surface area contributed by atoms with Crippen molar-refractivity contribution in [2.24, 2.45) is 16.5 Å². The van der Waals surface area contributed by atoms with Crippen LogP contribution in [0.3, 0.4) is 0 Å². The number of rotatable bonds is 4. The second-order valence-corrected chi connectivity index (χ2v) is 8.06. The molecule has 160 valence electrons. The molecule has 30 heavy (non-hydrogen) atoms. The molecule has 1 aliphatic rings. The van der Waals surface area contributed by atoms with Gasteiger partial charge in [-0.15, -0.1) is 0 Å². The number of aliphatic imine (C=N–C) groups is 1. The van der Waals surface area contributed by atoms with E-state index in [1.165, 1.54) is 0 Å². The molecule has 3 rings (SSSR count). The SMILES string of the molecule is CCc1ccc(C(=O)O)c(C2(C)CCc3c(C)c(O)c(C)c(C)c3O2)c1N=C(N)N. The fourth-order valence-electron chi connectivity index (χ4n) is 4.31. The average molecular weight is 412 g/mol. The van der Waals surface area contributed by atoms with Crippen LogP contribution in [0, 0.1) is 20.8 Å². The average Bonchev–Trinajstić information content (AvgIpc) is 2.69. The highest BCUT2D eigenvalue weighted by molar-refractivity contribution is 5.93. The Hall–Kier alpha value is -3.22. The van der Waals surface area contributed by atoms with E-state index in [0.717, 1.165) is 27.8 Å². The molecule has 6 N–H and O–H groups in total. The summed E-state index contributed by atoms with van der Waals surface area (Å²) in [5, 5.41) is 20.3. The molecule has 2 aromatic rings. The fraction of sp³-hybridized carbons (Fsp3) is 0.391. The standard InChI is InChI=1S/C23H29N3O4/c1-6-14-7-8-16(21(28)29)17(18(14)26-22(24)25)23(5)10-9-15-13(4)19(27)11(2)12(3)20(15)30-23/h7-8,27H,6,9-10H2,1-5H3,(H,28,29)(H4,24,25,26). The Morgan fingerprint density at radius 1 is 1.20 bits per heavy atom. The Morgan fingerprint density at radius 3 is 2.43 bits per heavy atom. The summed E-state index contributed by atoms with van der Waals surface area (Å²) < 4.78 is 6.54. The van der Waals surface area contributed by atoms with Gasteiger partial charge in [-0.3, -0.25) is 0 Å². The van der Waals surface area contributed by atoms with E-state index in [1.54, 1.807) is 12.1 Å². The topological polar surface area (TPSA) is 131 Å². The summed E-state index contributed by atoms with van der Waals surface area (Å²) >= 11 is 0. The van der Waals surface area contributed by atoms with Crippen LogP contribution in [0.5, 0.6) is 11.5 Å². The number of nitrogens with two attached hydrogens (primary N) is 2. The molecule has 0 bridgehead atoms. The molecule has 0 fully saturated rings. The van der Waals surface area contributed by atoms with E-state index in [4.69, 9.17) is 16.2 Å². The van der Waals surface area contributed by atoms with Gasteiger partial charge in [0, 0.05) is 11.1 Å². The zero-order valence-electron chi connectivity index (χ0n) is 18.1. The van der Waals surface area contributed by atoms with Crippen LogP contribution in [0.1, 0.15) is 64.0 Å². The zero-order chi connectivity index (χ0) is 22.4. The van der Waals surface area contributed by atoms with Crippen LogP contribution >= 0.6 is 0 Å². The molecule has 0 aliphatic carbocycles. The van der Waals surface area contributed by atoms with Crippen molar-refractivity contribution in [3.63, 3.8) is 0 Å². The Labute approximate surface area is 176 Å². The van der Waals surface area contributed by atoms with E-state index in [-0.39, 0.29) is 17.3 Å². The molecule has 0 radical (unpaired) electrons. The Balaban J connectivity index is 2.31. The van der Waals surface area contributed by atoms with Crippen LogP contribution in [-0.4, -0.2) is 22.1 Å². The fourth-order valence-corrected chi connectivity index (χ4v) is 4.31. The third kappa shape index (κ3) is 3.34.